The number of piperazine rings is 1. The quantitative estimate of drug-likeness (QED) is 0.862. The van der Waals surface area contributed by atoms with Crippen molar-refractivity contribution in [2.45, 2.75) is 19.3 Å². The number of ether oxygens (including phenoxy) is 1. The number of methoxy groups -OCH3 is 1. The lowest BCUT2D eigenvalue weighted by atomic mass is 9.85. The minimum atomic E-state index is 0.0282. The Morgan fingerprint density at radius 2 is 2.08 bits per heavy atom. The highest BCUT2D eigenvalue weighted by atomic mass is 16.5. The fraction of sp³-hybridized carbons (Fsp3) is 0.474. The normalized spacial score (nSPS) is 20.4. The molecule has 1 fully saturated rings. The Hall–Kier alpha value is -2.50. The number of hydrogen-bond acceptors (Lipinski definition) is 3. The van der Waals surface area contributed by atoms with Gasteiger partial charge in [0.25, 0.3) is 0 Å². The molecule has 1 saturated heterocycles. The summed E-state index contributed by atoms with van der Waals surface area (Å²) in [5.41, 5.74) is 3.61. The number of benzene rings is 1. The number of H-pyrrole nitrogens is 1. The molecule has 4 rings (SSSR count). The monoisotopic (exact) mass is 341 g/mol. The second kappa shape index (κ2) is 6.43. The molecule has 1 aromatic heterocycles. The van der Waals surface area contributed by atoms with Gasteiger partial charge in [-0.3, -0.25) is 9.59 Å². The summed E-state index contributed by atoms with van der Waals surface area (Å²) in [4.78, 5) is 30.9. The van der Waals surface area contributed by atoms with E-state index in [1.807, 2.05) is 17.0 Å². The zero-order valence-electron chi connectivity index (χ0n) is 14.5. The third-order valence-electron chi connectivity index (χ3n) is 5.52. The molecule has 2 heterocycles. The second-order valence-electron chi connectivity index (χ2n) is 6.90. The van der Waals surface area contributed by atoms with Gasteiger partial charge in [-0.05, 0) is 43.0 Å². The Morgan fingerprint density at radius 3 is 2.80 bits per heavy atom. The molecule has 1 N–H and O–H groups in total. The van der Waals surface area contributed by atoms with E-state index in [4.69, 9.17) is 4.74 Å². The molecule has 2 aromatic rings. The van der Waals surface area contributed by atoms with Crippen LogP contribution in [0.3, 0.4) is 0 Å². The van der Waals surface area contributed by atoms with Crippen molar-refractivity contribution in [3.05, 3.63) is 29.5 Å². The highest BCUT2D eigenvalue weighted by molar-refractivity contribution is 5.88. The van der Waals surface area contributed by atoms with E-state index in [1.165, 1.54) is 11.3 Å². The van der Waals surface area contributed by atoms with E-state index in [9.17, 15) is 9.59 Å². The third kappa shape index (κ3) is 2.86. The first-order chi connectivity index (χ1) is 12.2. The first kappa shape index (κ1) is 16.0. The Labute approximate surface area is 146 Å². The standard InChI is InChI=1S/C19H23N3O3/c1-25-14-3-5-18-16(11-14)15-10-13(2-4-17(15)20-18)19(24)22-8-6-21(12-23)7-9-22/h3,5,11-13,20H,2,4,6-10H2,1H3. The van der Waals surface area contributed by atoms with E-state index >= 15 is 0 Å². The number of nitrogens with zero attached hydrogens (tertiary/aromatic N) is 2. The molecular formula is C19H23N3O3. The maximum atomic E-state index is 12.9. The molecule has 0 spiro atoms. The lowest BCUT2D eigenvalue weighted by Gasteiger charge is -2.35. The van der Waals surface area contributed by atoms with Crippen molar-refractivity contribution in [3.63, 3.8) is 0 Å². The number of fused-ring (bicyclic) bond motifs is 3. The van der Waals surface area contributed by atoms with Crippen LogP contribution >= 0.6 is 0 Å². The van der Waals surface area contributed by atoms with Crippen molar-refractivity contribution >= 4 is 23.2 Å². The van der Waals surface area contributed by atoms with Crippen molar-refractivity contribution in [3.8, 4) is 5.75 Å². The molecule has 2 aliphatic rings. The molecule has 1 aliphatic heterocycles. The van der Waals surface area contributed by atoms with Crippen LogP contribution in [0.2, 0.25) is 0 Å². The molecule has 2 amide bonds. The minimum absolute atomic E-state index is 0.0282. The zero-order chi connectivity index (χ0) is 17.4. The van der Waals surface area contributed by atoms with Crippen LogP contribution in [0.4, 0.5) is 0 Å². The third-order valence-corrected chi connectivity index (χ3v) is 5.52. The number of aromatic amines is 1. The molecule has 0 saturated carbocycles. The molecular weight excluding hydrogens is 318 g/mol. The van der Waals surface area contributed by atoms with Crippen molar-refractivity contribution < 1.29 is 14.3 Å². The van der Waals surface area contributed by atoms with E-state index < -0.39 is 0 Å². The van der Waals surface area contributed by atoms with Gasteiger partial charge in [0.05, 0.1) is 7.11 Å². The van der Waals surface area contributed by atoms with E-state index in [0.29, 0.717) is 26.2 Å². The minimum Gasteiger partial charge on any atom is -0.497 e. The van der Waals surface area contributed by atoms with Crippen molar-refractivity contribution in [2.75, 3.05) is 33.3 Å². The summed E-state index contributed by atoms with van der Waals surface area (Å²) in [7, 11) is 1.67. The second-order valence-corrected chi connectivity index (χ2v) is 6.90. The molecule has 1 aromatic carbocycles. The maximum Gasteiger partial charge on any atom is 0.226 e. The molecule has 0 radical (unpaired) electrons. The zero-order valence-corrected chi connectivity index (χ0v) is 14.5. The summed E-state index contributed by atoms with van der Waals surface area (Å²) in [5.74, 6) is 1.10. The summed E-state index contributed by atoms with van der Waals surface area (Å²) in [6.07, 6.45) is 3.42. The Kier molecular flexibility index (Phi) is 4.11. The SMILES string of the molecule is COc1ccc2[nH]c3c(c2c1)CC(C(=O)N1CCN(C=O)CC1)CC3. The van der Waals surface area contributed by atoms with Crippen LogP contribution in [0.25, 0.3) is 10.9 Å². The molecule has 132 valence electrons. The Bertz CT molecular complexity index is 806. The fourth-order valence-corrected chi connectivity index (χ4v) is 4.04. The first-order valence-electron chi connectivity index (χ1n) is 8.85. The van der Waals surface area contributed by atoms with E-state index in [2.05, 4.69) is 11.1 Å². The number of hydrogen-bond donors (Lipinski definition) is 1. The van der Waals surface area contributed by atoms with Gasteiger partial charge in [0.2, 0.25) is 12.3 Å². The molecule has 25 heavy (non-hydrogen) atoms. The van der Waals surface area contributed by atoms with Gasteiger partial charge in [-0.2, -0.15) is 0 Å². The van der Waals surface area contributed by atoms with Gasteiger partial charge in [0.1, 0.15) is 5.75 Å². The molecule has 0 bridgehead atoms. The maximum absolute atomic E-state index is 12.9. The molecule has 1 atom stereocenters. The number of nitrogens with one attached hydrogen (secondary N) is 1. The lowest BCUT2D eigenvalue weighted by molar-refractivity contribution is -0.139. The van der Waals surface area contributed by atoms with Crippen molar-refractivity contribution in [1.29, 1.82) is 0 Å². The summed E-state index contributed by atoms with van der Waals surface area (Å²) in [6, 6.07) is 6.06. The highest BCUT2D eigenvalue weighted by Crippen LogP contribution is 2.34. The summed E-state index contributed by atoms with van der Waals surface area (Å²) < 4.78 is 5.35. The van der Waals surface area contributed by atoms with Crippen LogP contribution in [0.1, 0.15) is 17.7 Å². The fourth-order valence-electron chi connectivity index (χ4n) is 4.04. The van der Waals surface area contributed by atoms with Crippen molar-refractivity contribution in [1.82, 2.24) is 14.8 Å². The topological polar surface area (TPSA) is 65.6 Å². The Morgan fingerprint density at radius 1 is 1.28 bits per heavy atom. The van der Waals surface area contributed by atoms with Gasteiger partial charge in [-0.15, -0.1) is 0 Å². The highest BCUT2D eigenvalue weighted by Gasteiger charge is 2.31. The van der Waals surface area contributed by atoms with Crippen LogP contribution in [-0.2, 0) is 22.4 Å². The van der Waals surface area contributed by atoms with Gasteiger partial charge in [-0.25, -0.2) is 0 Å². The summed E-state index contributed by atoms with van der Waals surface area (Å²) in [5, 5.41) is 1.16. The number of carbonyl (C=O) groups is 2. The van der Waals surface area contributed by atoms with Crippen LogP contribution in [0, 0.1) is 5.92 Å². The van der Waals surface area contributed by atoms with Gasteiger partial charge in [0, 0.05) is 48.7 Å². The van der Waals surface area contributed by atoms with E-state index in [1.54, 1.807) is 12.0 Å². The van der Waals surface area contributed by atoms with Gasteiger partial charge >= 0.3 is 0 Å². The number of aryl methyl sites for hydroxylation is 1. The smallest absolute Gasteiger partial charge is 0.226 e. The number of rotatable bonds is 3. The average molecular weight is 341 g/mol. The summed E-state index contributed by atoms with van der Waals surface area (Å²) >= 11 is 0. The van der Waals surface area contributed by atoms with Gasteiger partial charge in [-0.1, -0.05) is 0 Å². The Balaban J connectivity index is 1.54. The molecule has 6 heteroatoms. The van der Waals surface area contributed by atoms with Crippen LogP contribution in [0.5, 0.6) is 5.75 Å². The lowest BCUT2D eigenvalue weighted by Crippen LogP contribution is -2.50. The van der Waals surface area contributed by atoms with E-state index in [0.717, 1.165) is 42.3 Å². The molecule has 6 nitrogen and oxygen atoms in total. The first-order valence-corrected chi connectivity index (χ1v) is 8.85. The number of aromatic nitrogens is 1. The van der Waals surface area contributed by atoms with Crippen LogP contribution in [0.15, 0.2) is 18.2 Å². The number of carbonyl (C=O) groups excluding carboxylic acids is 2. The predicted octanol–water partition coefficient (Wildman–Crippen LogP) is 1.58. The average Bonchev–Trinajstić information content (AvgIpc) is 3.04. The molecule has 1 aliphatic carbocycles. The summed E-state index contributed by atoms with van der Waals surface area (Å²) in [6.45, 7) is 2.56. The largest absolute Gasteiger partial charge is 0.497 e. The number of amides is 2. The predicted molar refractivity (Wildman–Crippen MR) is 94.6 cm³/mol. The van der Waals surface area contributed by atoms with Crippen LogP contribution in [-0.4, -0.2) is 60.4 Å². The van der Waals surface area contributed by atoms with E-state index in [-0.39, 0.29) is 11.8 Å². The van der Waals surface area contributed by atoms with Crippen LogP contribution < -0.4 is 4.74 Å². The van der Waals surface area contributed by atoms with Gasteiger partial charge < -0.3 is 19.5 Å². The van der Waals surface area contributed by atoms with Gasteiger partial charge in [0.15, 0.2) is 0 Å². The van der Waals surface area contributed by atoms with Crippen molar-refractivity contribution in [2.24, 2.45) is 5.92 Å². The molecule has 1 unspecified atom stereocenters.